The summed E-state index contributed by atoms with van der Waals surface area (Å²) in [6.45, 7) is 0.793. The molecule has 0 aliphatic carbocycles. The maximum Gasteiger partial charge on any atom is 0.573 e. The molecule has 0 bridgehead atoms. The van der Waals surface area contributed by atoms with Gasteiger partial charge >= 0.3 is 12.3 Å². The molecule has 0 aromatic heterocycles. The molecule has 8 heteroatoms. The van der Waals surface area contributed by atoms with E-state index in [0.717, 1.165) is 18.5 Å². The highest BCUT2D eigenvalue weighted by Crippen LogP contribution is 2.50. The Bertz CT molecular complexity index is 918. The Morgan fingerprint density at radius 1 is 1.17 bits per heavy atom. The third-order valence-electron chi connectivity index (χ3n) is 5.73. The number of carbonyl (C=O) groups is 1. The highest BCUT2D eigenvalue weighted by molar-refractivity contribution is 5.82. The number of methoxy groups -OCH3 is 1. The third-order valence-corrected chi connectivity index (χ3v) is 5.73. The van der Waals surface area contributed by atoms with Crippen LogP contribution in [-0.2, 0) is 9.53 Å². The molecule has 2 aromatic rings. The first-order valence-electron chi connectivity index (χ1n) is 9.76. The van der Waals surface area contributed by atoms with Crippen molar-refractivity contribution >= 4 is 5.97 Å². The number of piperidine rings is 1. The number of rotatable bonds is 4. The number of hydrogen-bond donors (Lipinski definition) is 1. The molecule has 2 aromatic carbocycles. The van der Waals surface area contributed by atoms with E-state index in [1.165, 1.54) is 25.3 Å². The zero-order valence-corrected chi connectivity index (χ0v) is 16.4. The Morgan fingerprint density at radius 3 is 2.63 bits per heavy atom. The molecule has 2 saturated heterocycles. The van der Waals surface area contributed by atoms with E-state index in [4.69, 9.17) is 9.47 Å². The first-order chi connectivity index (χ1) is 14.3. The van der Waals surface area contributed by atoms with E-state index in [-0.39, 0.29) is 6.04 Å². The molecular weight excluding hydrogens is 399 g/mol. The van der Waals surface area contributed by atoms with Gasteiger partial charge in [-0.15, -0.1) is 13.2 Å². The highest BCUT2D eigenvalue weighted by Gasteiger charge is 2.54. The number of ether oxygens (including phenoxy) is 3. The molecule has 2 heterocycles. The van der Waals surface area contributed by atoms with Gasteiger partial charge in [0.2, 0.25) is 0 Å². The van der Waals surface area contributed by atoms with E-state index in [0.29, 0.717) is 24.2 Å². The van der Waals surface area contributed by atoms with Crippen LogP contribution in [0.2, 0.25) is 0 Å². The second-order valence-corrected chi connectivity index (χ2v) is 7.60. The molecule has 3 atom stereocenters. The quantitative estimate of drug-likeness (QED) is 0.738. The Hall–Kier alpha value is -2.74. The molecule has 1 N–H and O–H groups in total. The fourth-order valence-corrected chi connectivity index (χ4v) is 4.52. The van der Waals surface area contributed by atoms with Crippen molar-refractivity contribution in [2.45, 2.75) is 43.2 Å². The van der Waals surface area contributed by atoms with Gasteiger partial charge < -0.3 is 19.5 Å². The van der Waals surface area contributed by atoms with Crippen LogP contribution in [0, 0.1) is 0 Å². The fraction of sp³-hybridized carbons (Fsp3) is 0.409. The number of alkyl halides is 3. The van der Waals surface area contributed by atoms with Crippen LogP contribution in [0.15, 0.2) is 48.5 Å². The van der Waals surface area contributed by atoms with Crippen molar-refractivity contribution in [1.82, 2.24) is 5.32 Å². The van der Waals surface area contributed by atoms with Crippen molar-refractivity contribution in [2.24, 2.45) is 0 Å². The lowest BCUT2D eigenvalue weighted by atomic mass is 9.76. The Balaban J connectivity index is 1.68. The summed E-state index contributed by atoms with van der Waals surface area (Å²) in [4.78, 5) is 12.9. The predicted molar refractivity (Wildman–Crippen MR) is 102 cm³/mol. The number of benzene rings is 2. The van der Waals surface area contributed by atoms with Gasteiger partial charge in [0.25, 0.3) is 0 Å². The van der Waals surface area contributed by atoms with Gasteiger partial charge in [0.15, 0.2) is 0 Å². The maximum absolute atomic E-state index is 12.9. The lowest BCUT2D eigenvalue weighted by molar-refractivity contribution is -0.274. The molecule has 0 amide bonds. The van der Waals surface area contributed by atoms with Crippen LogP contribution in [-0.4, -0.2) is 31.6 Å². The van der Waals surface area contributed by atoms with E-state index in [9.17, 15) is 18.0 Å². The molecule has 2 fully saturated rings. The van der Waals surface area contributed by atoms with E-state index in [1.807, 2.05) is 30.3 Å². The minimum Gasteiger partial charge on any atom is -0.496 e. The van der Waals surface area contributed by atoms with Crippen molar-refractivity contribution in [3.05, 3.63) is 59.7 Å². The topological polar surface area (TPSA) is 56.8 Å². The van der Waals surface area contributed by atoms with Crippen molar-refractivity contribution in [1.29, 1.82) is 0 Å². The van der Waals surface area contributed by atoms with Gasteiger partial charge in [-0.05, 0) is 43.1 Å². The molecule has 30 heavy (non-hydrogen) atoms. The first-order valence-corrected chi connectivity index (χ1v) is 9.76. The summed E-state index contributed by atoms with van der Waals surface area (Å²) in [6, 6.07) is 13.3. The Labute approximate surface area is 172 Å². The van der Waals surface area contributed by atoms with Crippen molar-refractivity contribution in [3.63, 3.8) is 0 Å². The molecule has 0 radical (unpaired) electrons. The van der Waals surface area contributed by atoms with Crippen molar-refractivity contribution in [3.8, 4) is 11.5 Å². The zero-order chi connectivity index (χ0) is 21.4. The van der Waals surface area contributed by atoms with E-state index in [2.05, 4.69) is 10.1 Å². The van der Waals surface area contributed by atoms with Gasteiger partial charge in [-0.2, -0.15) is 0 Å². The SMILES string of the molecule is COc1ccc(OC(F)(F)F)cc1[C@@H]1C[C@@]2(CCCN[C@H]2c2ccccc2)OC1=O. The van der Waals surface area contributed by atoms with Crippen LogP contribution in [0.1, 0.15) is 42.3 Å². The second-order valence-electron chi connectivity index (χ2n) is 7.60. The maximum atomic E-state index is 12.9. The Morgan fingerprint density at radius 2 is 1.93 bits per heavy atom. The predicted octanol–water partition coefficient (Wildman–Crippen LogP) is 4.49. The number of hydrogen-bond acceptors (Lipinski definition) is 5. The summed E-state index contributed by atoms with van der Waals surface area (Å²) in [5.74, 6) is -1.29. The summed E-state index contributed by atoms with van der Waals surface area (Å²) in [6.07, 6.45) is -2.99. The fourth-order valence-electron chi connectivity index (χ4n) is 4.52. The minimum absolute atomic E-state index is 0.193. The lowest BCUT2D eigenvalue weighted by Crippen LogP contribution is -2.48. The van der Waals surface area contributed by atoms with Gasteiger partial charge in [0.1, 0.15) is 17.1 Å². The third kappa shape index (κ3) is 3.96. The number of nitrogens with one attached hydrogen (secondary N) is 1. The number of esters is 1. The molecular formula is C22H22F3NO4. The van der Waals surface area contributed by atoms with E-state index >= 15 is 0 Å². The van der Waals surface area contributed by atoms with Crippen LogP contribution in [0.5, 0.6) is 11.5 Å². The minimum atomic E-state index is -4.82. The first kappa shape index (κ1) is 20.5. The van der Waals surface area contributed by atoms with Gasteiger partial charge in [-0.3, -0.25) is 4.79 Å². The average molecular weight is 421 g/mol. The van der Waals surface area contributed by atoms with Crippen LogP contribution < -0.4 is 14.8 Å². The average Bonchev–Trinajstić information content (AvgIpc) is 3.04. The lowest BCUT2D eigenvalue weighted by Gasteiger charge is -2.41. The molecule has 5 nitrogen and oxygen atoms in total. The summed E-state index contributed by atoms with van der Waals surface area (Å²) < 4.78 is 53.3. The van der Waals surface area contributed by atoms with Crippen molar-refractivity contribution in [2.75, 3.05) is 13.7 Å². The van der Waals surface area contributed by atoms with Crippen LogP contribution >= 0.6 is 0 Å². The largest absolute Gasteiger partial charge is 0.573 e. The van der Waals surface area contributed by atoms with E-state index < -0.39 is 29.6 Å². The standard InChI is InChI=1S/C22H22F3NO4/c1-28-18-9-8-15(29-22(23,24)25)12-16(18)17-13-21(30-20(17)27)10-5-11-26-19(21)14-6-3-2-4-7-14/h2-4,6-9,12,17,19,26H,5,10-11,13H2,1H3/t17-,19-,21+/m0/s1. The van der Waals surface area contributed by atoms with Crippen molar-refractivity contribution < 1.29 is 32.2 Å². The summed E-state index contributed by atoms with van der Waals surface area (Å²) in [7, 11) is 1.41. The van der Waals surface area contributed by atoms with Gasteiger partial charge in [-0.1, -0.05) is 30.3 Å². The summed E-state index contributed by atoms with van der Waals surface area (Å²) in [5.41, 5.74) is 0.568. The van der Waals surface area contributed by atoms with Crippen LogP contribution in [0.3, 0.4) is 0 Å². The molecule has 1 spiro atoms. The molecule has 0 unspecified atom stereocenters. The number of carbonyl (C=O) groups excluding carboxylic acids is 1. The van der Waals surface area contributed by atoms with Crippen LogP contribution in [0.25, 0.3) is 0 Å². The highest BCUT2D eigenvalue weighted by atomic mass is 19.4. The molecule has 2 aliphatic rings. The molecule has 2 aliphatic heterocycles. The monoisotopic (exact) mass is 421 g/mol. The summed E-state index contributed by atoms with van der Waals surface area (Å²) in [5, 5.41) is 3.45. The summed E-state index contributed by atoms with van der Waals surface area (Å²) >= 11 is 0. The smallest absolute Gasteiger partial charge is 0.496 e. The molecule has 4 rings (SSSR count). The van der Waals surface area contributed by atoms with E-state index in [1.54, 1.807) is 0 Å². The molecule has 160 valence electrons. The van der Waals surface area contributed by atoms with Gasteiger partial charge in [-0.25, -0.2) is 0 Å². The van der Waals surface area contributed by atoms with Gasteiger partial charge in [0, 0.05) is 12.0 Å². The van der Waals surface area contributed by atoms with Crippen LogP contribution in [0.4, 0.5) is 13.2 Å². The second kappa shape index (κ2) is 7.83. The zero-order valence-electron chi connectivity index (χ0n) is 16.4. The normalized spacial score (nSPS) is 26.5. The number of halogens is 3. The Kier molecular flexibility index (Phi) is 5.36. The molecule has 0 saturated carbocycles. The van der Waals surface area contributed by atoms with Gasteiger partial charge in [0.05, 0.1) is 19.1 Å².